The summed E-state index contributed by atoms with van der Waals surface area (Å²) in [5, 5.41) is 5.22. The number of hydrogen-bond donors (Lipinski definition) is 0. The molecule has 2 heterocycles. The van der Waals surface area contributed by atoms with Crippen LogP contribution < -0.4 is 0 Å². The van der Waals surface area contributed by atoms with Crippen molar-refractivity contribution in [2.75, 3.05) is 0 Å². The van der Waals surface area contributed by atoms with Gasteiger partial charge in [0.2, 0.25) is 0 Å². The third kappa shape index (κ3) is 5.14. The molecule has 7 aromatic rings. The highest BCUT2D eigenvalue weighted by atomic mass is 14.9. The van der Waals surface area contributed by atoms with Crippen molar-refractivity contribution in [2.24, 2.45) is 0 Å². The van der Waals surface area contributed by atoms with Crippen molar-refractivity contribution < 1.29 is 0 Å². The molecule has 2 aliphatic rings. The molecule has 0 amide bonds. The Bertz CT molecular complexity index is 2400. The average molecular weight is 616 g/mol. The largest absolute Gasteiger partial charge is 0.264 e. The minimum atomic E-state index is 0.0604. The second-order valence-corrected chi connectivity index (χ2v) is 12.7. The van der Waals surface area contributed by atoms with Crippen LogP contribution in [0.15, 0.2) is 158 Å². The Hall–Kier alpha value is -5.93. The molecule has 3 heteroatoms. The number of nitrogens with zero attached hydrogens (tertiary/aromatic N) is 3. The van der Waals surface area contributed by atoms with E-state index in [2.05, 4.69) is 151 Å². The Morgan fingerprint density at radius 1 is 0.542 bits per heavy atom. The van der Waals surface area contributed by atoms with Crippen LogP contribution in [0, 0.1) is 0 Å². The van der Waals surface area contributed by atoms with E-state index in [1.54, 1.807) is 0 Å². The lowest BCUT2D eigenvalue weighted by Gasteiger charge is -2.24. The fourth-order valence-electron chi connectivity index (χ4n) is 7.39. The smallest absolute Gasteiger partial charge is 0.136 e. The van der Waals surface area contributed by atoms with Gasteiger partial charge in [-0.25, -0.2) is 9.97 Å². The van der Waals surface area contributed by atoms with Crippen LogP contribution in [-0.2, 0) is 6.42 Å². The van der Waals surface area contributed by atoms with Gasteiger partial charge < -0.3 is 0 Å². The number of benzene rings is 5. The molecule has 2 unspecified atom stereocenters. The summed E-state index contributed by atoms with van der Waals surface area (Å²) in [4.78, 5) is 15.0. The number of aromatic nitrogens is 3. The minimum absolute atomic E-state index is 0.0604. The van der Waals surface area contributed by atoms with Crippen molar-refractivity contribution in [2.45, 2.75) is 24.7 Å². The Kier molecular flexibility index (Phi) is 7.09. The molecule has 0 saturated carbocycles. The zero-order valence-corrected chi connectivity index (χ0v) is 26.5. The molecule has 5 aromatic carbocycles. The quantitative estimate of drug-likeness (QED) is 0.181. The lowest BCUT2D eigenvalue weighted by Crippen LogP contribution is -2.13. The standard InChI is InChI=1S/C45H33N3/c1-2-10-30(11-3-1)31-19-21-32(22-20-31)43-28-44(34-13-8-12-33(26-34)36-14-9-25-46-29-36)48-45(47-43)35-23-24-41-39-17-5-4-15-37(39)38-16-6-7-18-40(38)42(41)27-35/h1-21,23-26,28-29,32,35H,22,27H2. The third-order valence-corrected chi connectivity index (χ3v) is 9.84. The summed E-state index contributed by atoms with van der Waals surface area (Å²) in [6, 6.07) is 43.1. The molecule has 2 atom stereocenters. The number of rotatable bonds is 5. The first-order valence-electron chi connectivity index (χ1n) is 16.7. The molecule has 3 nitrogen and oxygen atoms in total. The maximum absolute atomic E-state index is 5.35. The molecule has 2 aliphatic carbocycles. The second kappa shape index (κ2) is 12.0. The van der Waals surface area contributed by atoms with Gasteiger partial charge in [-0.15, -0.1) is 0 Å². The predicted octanol–water partition coefficient (Wildman–Crippen LogP) is 11.0. The highest BCUT2D eigenvalue weighted by molar-refractivity contribution is 6.13. The molecule has 48 heavy (non-hydrogen) atoms. The van der Waals surface area contributed by atoms with Crippen LogP contribution in [-0.4, -0.2) is 15.0 Å². The summed E-state index contributed by atoms with van der Waals surface area (Å²) < 4.78 is 0. The second-order valence-electron chi connectivity index (χ2n) is 12.7. The monoisotopic (exact) mass is 615 g/mol. The van der Waals surface area contributed by atoms with Crippen LogP contribution >= 0.6 is 0 Å². The van der Waals surface area contributed by atoms with Gasteiger partial charge in [0.25, 0.3) is 0 Å². The normalized spacial score (nSPS) is 17.0. The van der Waals surface area contributed by atoms with E-state index in [0.29, 0.717) is 0 Å². The summed E-state index contributed by atoms with van der Waals surface area (Å²) in [6.07, 6.45) is 17.0. The van der Waals surface area contributed by atoms with Crippen molar-refractivity contribution in [3.8, 4) is 22.4 Å². The highest BCUT2D eigenvalue weighted by Crippen LogP contribution is 2.40. The lowest BCUT2D eigenvalue weighted by atomic mass is 9.82. The molecular formula is C45H33N3. The van der Waals surface area contributed by atoms with Gasteiger partial charge in [0, 0.05) is 35.4 Å². The van der Waals surface area contributed by atoms with Crippen LogP contribution in [0.25, 0.3) is 55.6 Å². The topological polar surface area (TPSA) is 38.7 Å². The number of fused-ring (bicyclic) bond motifs is 6. The van der Waals surface area contributed by atoms with Gasteiger partial charge in [-0.3, -0.25) is 4.98 Å². The van der Waals surface area contributed by atoms with E-state index < -0.39 is 0 Å². The van der Waals surface area contributed by atoms with Crippen LogP contribution in [0.3, 0.4) is 0 Å². The maximum atomic E-state index is 5.35. The molecule has 0 spiro atoms. The Morgan fingerprint density at radius 3 is 2.04 bits per heavy atom. The molecule has 2 aromatic heterocycles. The molecule has 0 fully saturated rings. The average Bonchev–Trinajstić information content (AvgIpc) is 3.18. The molecule has 0 radical (unpaired) electrons. The van der Waals surface area contributed by atoms with Gasteiger partial charge >= 0.3 is 0 Å². The van der Waals surface area contributed by atoms with Crippen LogP contribution in [0.2, 0.25) is 0 Å². The van der Waals surface area contributed by atoms with E-state index in [1.165, 1.54) is 43.8 Å². The van der Waals surface area contributed by atoms with Gasteiger partial charge in [-0.1, -0.05) is 134 Å². The van der Waals surface area contributed by atoms with Gasteiger partial charge in [0.1, 0.15) is 5.82 Å². The van der Waals surface area contributed by atoms with Crippen molar-refractivity contribution in [3.05, 3.63) is 186 Å². The van der Waals surface area contributed by atoms with E-state index in [1.807, 2.05) is 18.5 Å². The van der Waals surface area contributed by atoms with Crippen molar-refractivity contribution in [1.82, 2.24) is 15.0 Å². The number of pyridine rings is 1. The SMILES string of the molecule is C1=CC(c2cc(-c3cccc(-c4cccnc4)c3)nc(C3C=Cc4c(c5ccccc5c5ccccc45)C3)n2)CC=C1c1ccccc1. The van der Waals surface area contributed by atoms with Crippen LogP contribution in [0.5, 0.6) is 0 Å². The highest BCUT2D eigenvalue weighted by Gasteiger charge is 2.25. The fraction of sp³-hybridized carbons (Fsp3) is 0.0889. The Morgan fingerprint density at radius 2 is 1.25 bits per heavy atom. The first-order chi connectivity index (χ1) is 23.8. The minimum Gasteiger partial charge on any atom is -0.264 e. The van der Waals surface area contributed by atoms with E-state index in [4.69, 9.17) is 9.97 Å². The zero-order chi connectivity index (χ0) is 31.9. The number of allylic oxidation sites excluding steroid dienone is 5. The fourth-order valence-corrected chi connectivity index (χ4v) is 7.39. The zero-order valence-electron chi connectivity index (χ0n) is 26.5. The molecule has 0 N–H and O–H groups in total. The molecule has 228 valence electrons. The molecule has 9 rings (SSSR count). The Balaban J connectivity index is 1.15. The summed E-state index contributed by atoms with van der Waals surface area (Å²) in [6.45, 7) is 0. The summed E-state index contributed by atoms with van der Waals surface area (Å²) in [7, 11) is 0. The van der Waals surface area contributed by atoms with Gasteiger partial charge in [0.15, 0.2) is 0 Å². The number of hydrogen-bond acceptors (Lipinski definition) is 3. The van der Waals surface area contributed by atoms with E-state index in [-0.39, 0.29) is 11.8 Å². The van der Waals surface area contributed by atoms with E-state index in [9.17, 15) is 0 Å². The molecule has 0 saturated heterocycles. The van der Waals surface area contributed by atoms with Crippen molar-refractivity contribution >= 4 is 33.2 Å². The van der Waals surface area contributed by atoms with Crippen molar-refractivity contribution in [3.63, 3.8) is 0 Å². The molecule has 0 bridgehead atoms. The molecule has 0 aliphatic heterocycles. The maximum Gasteiger partial charge on any atom is 0.136 e. The lowest BCUT2D eigenvalue weighted by molar-refractivity contribution is 0.725. The summed E-state index contributed by atoms with van der Waals surface area (Å²) in [5.41, 5.74) is 10.5. The molecular weight excluding hydrogens is 583 g/mol. The van der Waals surface area contributed by atoms with E-state index >= 15 is 0 Å². The van der Waals surface area contributed by atoms with Crippen LogP contribution in [0.1, 0.15) is 46.5 Å². The van der Waals surface area contributed by atoms with Gasteiger partial charge in [0.05, 0.1) is 11.4 Å². The van der Waals surface area contributed by atoms with Gasteiger partial charge in [-0.2, -0.15) is 0 Å². The van der Waals surface area contributed by atoms with Crippen molar-refractivity contribution in [1.29, 1.82) is 0 Å². The summed E-state index contributed by atoms with van der Waals surface area (Å²) in [5.74, 6) is 1.11. The first kappa shape index (κ1) is 28.3. The predicted molar refractivity (Wildman–Crippen MR) is 199 cm³/mol. The third-order valence-electron chi connectivity index (χ3n) is 9.84. The first-order valence-corrected chi connectivity index (χ1v) is 16.7. The van der Waals surface area contributed by atoms with Crippen LogP contribution in [0.4, 0.5) is 0 Å². The van der Waals surface area contributed by atoms with Gasteiger partial charge in [-0.05, 0) is 80.4 Å². The Labute approximate surface area is 280 Å². The van der Waals surface area contributed by atoms with E-state index in [0.717, 1.165) is 46.7 Å². The summed E-state index contributed by atoms with van der Waals surface area (Å²) >= 11 is 0.